The maximum atomic E-state index is 3.93. The van der Waals surface area contributed by atoms with Crippen molar-refractivity contribution in [1.29, 1.82) is 0 Å². The molecule has 0 unspecified atom stereocenters. The van der Waals surface area contributed by atoms with Crippen molar-refractivity contribution in [2.45, 2.75) is 13.8 Å². The van der Waals surface area contributed by atoms with Crippen molar-refractivity contribution in [2.75, 3.05) is 14.1 Å². The van der Waals surface area contributed by atoms with Crippen molar-refractivity contribution >= 4 is 12.7 Å². The quantitative estimate of drug-likeness (QED) is 0.446. The normalized spacial score (nSPS) is 10.9. The molecule has 0 aromatic heterocycles. The van der Waals surface area contributed by atoms with E-state index in [0.29, 0.717) is 0 Å². The predicted octanol–water partition coefficient (Wildman–Crippen LogP) is 1.53. The third-order valence-electron chi connectivity index (χ3n) is 0.764. The van der Waals surface area contributed by atoms with E-state index in [1.807, 2.05) is 32.8 Å². The molecule has 3 nitrogen and oxygen atoms in total. The minimum Gasteiger partial charge on any atom is -0.369 e. The van der Waals surface area contributed by atoms with Gasteiger partial charge in [-0.1, -0.05) is 5.57 Å². The Morgan fingerprint density at radius 2 is 1.82 bits per heavy atom. The Hall–Kier alpha value is -1.12. The van der Waals surface area contributed by atoms with Gasteiger partial charge in [0.1, 0.15) is 6.34 Å². The highest BCUT2D eigenvalue weighted by Crippen LogP contribution is 1.86. The van der Waals surface area contributed by atoms with Crippen LogP contribution in [0.5, 0.6) is 0 Å². The van der Waals surface area contributed by atoms with Gasteiger partial charge in [0.2, 0.25) is 0 Å². The molecule has 0 aliphatic rings. The second kappa shape index (κ2) is 5.65. The van der Waals surface area contributed by atoms with Crippen LogP contribution in [0.3, 0.4) is 0 Å². The van der Waals surface area contributed by atoms with Gasteiger partial charge in [-0.25, -0.2) is 9.98 Å². The lowest BCUT2D eigenvalue weighted by Gasteiger charge is -1.98. The maximum absolute atomic E-state index is 3.93. The van der Waals surface area contributed by atoms with Crippen LogP contribution in [0.4, 0.5) is 0 Å². The number of rotatable bonds is 3. The molecule has 0 aromatic rings. The highest BCUT2D eigenvalue weighted by atomic mass is 15.1. The number of aliphatic imine (C=N–C) groups is 2. The second-order valence-electron chi connectivity index (χ2n) is 2.70. The van der Waals surface area contributed by atoms with Gasteiger partial charge in [0.25, 0.3) is 0 Å². The van der Waals surface area contributed by atoms with E-state index in [4.69, 9.17) is 0 Å². The summed E-state index contributed by atoms with van der Waals surface area (Å²) in [6.45, 7) is 3.99. The zero-order valence-corrected chi connectivity index (χ0v) is 7.57. The van der Waals surface area contributed by atoms with Crippen molar-refractivity contribution in [2.24, 2.45) is 9.98 Å². The van der Waals surface area contributed by atoms with E-state index < -0.39 is 0 Å². The molecule has 62 valence electrons. The molecule has 0 bridgehead atoms. The van der Waals surface area contributed by atoms with Crippen LogP contribution >= 0.6 is 0 Å². The molecule has 0 aliphatic carbocycles. The lowest BCUT2D eigenvalue weighted by molar-refractivity contribution is 0.644. The zero-order valence-electron chi connectivity index (χ0n) is 7.57. The molecule has 3 heteroatoms. The number of nitrogens with zero attached hydrogens (tertiary/aromatic N) is 3. The Kier molecular flexibility index (Phi) is 5.07. The first kappa shape index (κ1) is 9.88. The average molecular weight is 153 g/mol. The molecule has 0 amide bonds. The van der Waals surface area contributed by atoms with E-state index in [-0.39, 0.29) is 0 Å². The topological polar surface area (TPSA) is 28.0 Å². The lowest BCUT2D eigenvalue weighted by Crippen LogP contribution is -2.07. The molecule has 0 aromatic carbocycles. The molecular formula is C8H15N3. The highest BCUT2D eigenvalue weighted by Gasteiger charge is 1.72. The van der Waals surface area contributed by atoms with Crippen LogP contribution in [0.25, 0.3) is 0 Å². The minimum absolute atomic E-state index is 1.17. The van der Waals surface area contributed by atoms with Crippen molar-refractivity contribution in [3.05, 3.63) is 11.8 Å². The second-order valence-corrected chi connectivity index (χ2v) is 2.70. The summed E-state index contributed by atoms with van der Waals surface area (Å²) in [4.78, 5) is 9.69. The largest absolute Gasteiger partial charge is 0.369 e. The van der Waals surface area contributed by atoms with Crippen LogP contribution in [0.1, 0.15) is 13.8 Å². The summed E-state index contributed by atoms with van der Waals surface area (Å²) in [5.74, 6) is 0. The van der Waals surface area contributed by atoms with Gasteiger partial charge in [0, 0.05) is 20.3 Å². The van der Waals surface area contributed by atoms with Gasteiger partial charge < -0.3 is 4.90 Å². The molecule has 0 rings (SSSR count). The first-order valence-corrected chi connectivity index (χ1v) is 3.47. The maximum Gasteiger partial charge on any atom is 0.117 e. The molecule has 0 saturated heterocycles. The average Bonchev–Trinajstić information content (AvgIpc) is 1.85. The summed E-state index contributed by atoms with van der Waals surface area (Å²) in [6, 6.07) is 0. The monoisotopic (exact) mass is 153 g/mol. The zero-order chi connectivity index (χ0) is 8.69. The Bertz CT molecular complexity index is 174. The fourth-order valence-electron chi connectivity index (χ4n) is 0.384. The van der Waals surface area contributed by atoms with Crippen LogP contribution in [-0.4, -0.2) is 31.7 Å². The van der Waals surface area contributed by atoms with Crippen molar-refractivity contribution in [3.63, 3.8) is 0 Å². The first-order valence-electron chi connectivity index (χ1n) is 3.47. The summed E-state index contributed by atoms with van der Waals surface area (Å²) in [6.07, 6.45) is 4.99. The number of hydrogen-bond donors (Lipinski definition) is 0. The van der Waals surface area contributed by atoms with Gasteiger partial charge in [-0.2, -0.15) is 0 Å². The Morgan fingerprint density at radius 1 is 1.18 bits per heavy atom. The summed E-state index contributed by atoms with van der Waals surface area (Å²) in [5, 5.41) is 0. The molecule has 0 aliphatic heterocycles. The van der Waals surface area contributed by atoms with E-state index in [2.05, 4.69) is 9.98 Å². The smallest absolute Gasteiger partial charge is 0.117 e. The highest BCUT2D eigenvalue weighted by molar-refractivity contribution is 5.70. The number of allylic oxidation sites excluding steroid dienone is 1. The Balaban J connectivity index is 3.69. The third-order valence-corrected chi connectivity index (χ3v) is 0.764. The van der Waals surface area contributed by atoms with E-state index >= 15 is 0 Å². The fraction of sp³-hybridized carbons (Fsp3) is 0.500. The first-order chi connectivity index (χ1) is 5.13. The van der Waals surface area contributed by atoms with Gasteiger partial charge in [-0.3, -0.25) is 0 Å². The number of hydrogen-bond acceptors (Lipinski definition) is 1. The lowest BCUT2D eigenvalue weighted by atomic mass is 10.4. The summed E-state index contributed by atoms with van der Waals surface area (Å²) in [5.41, 5.74) is 1.17. The standard InChI is InChI=1S/C8H15N3/c1-8(2)5-9-6-10-7-11(3)4/h5-7H,1-4H3. The van der Waals surface area contributed by atoms with Crippen LogP contribution < -0.4 is 0 Å². The molecule has 11 heavy (non-hydrogen) atoms. The Labute approximate surface area is 68.2 Å². The summed E-state index contributed by atoms with van der Waals surface area (Å²) >= 11 is 0. The van der Waals surface area contributed by atoms with Gasteiger partial charge >= 0.3 is 0 Å². The van der Waals surface area contributed by atoms with E-state index in [1.54, 1.807) is 12.5 Å². The SMILES string of the molecule is CC(C)=CN=CN=CN(C)C. The van der Waals surface area contributed by atoms with E-state index in [1.165, 1.54) is 11.9 Å². The van der Waals surface area contributed by atoms with Crippen LogP contribution in [0.2, 0.25) is 0 Å². The van der Waals surface area contributed by atoms with E-state index in [9.17, 15) is 0 Å². The fourth-order valence-corrected chi connectivity index (χ4v) is 0.384. The van der Waals surface area contributed by atoms with Gasteiger partial charge in [0.15, 0.2) is 0 Å². The van der Waals surface area contributed by atoms with Gasteiger partial charge in [-0.15, -0.1) is 0 Å². The van der Waals surface area contributed by atoms with Gasteiger partial charge in [-0.05, 0) is 13.8 Å². The summed E-state index contributed by atoms with van der Waals surface area (Å²) < 4.78 is 0. The van der Waals surface area contributed by atoms with Gasteiger partial charge in [0.05, 0.1) is 6.34 Å². The molecule has 0 atom stereocenters. The molecule has 0 spiro atoms. The van der Waals surface area contributed by atoms with Crippen molar-refractivity contribution in [1.82, 2.24) is 4.90 Å². The minimum atomic E-state index is 1.17. The molecule has 0 radical (unpaired) electrons. The van der Waals surface area contributed by atoms with Crippen LogP contribution in [0.15, 0.2) is 21.8 Å². The molecule has 0 saturated carbocycles. The molecule has 0 heterocycles. The molecular weight excluding hydrogens is 138 g/mol. The third kappa shape index (κ3) is 8.88. The molecule has 0 fully saturated rings. The van der Waals surface area contributed by atoms with Crippen molar-refractivity contribution < 1.29 is 0 Å². The molecule has 0 N–H and O–H groups in total. The Morgan fingerprint density at radius 3 is 2.27 bits per heavy atom. The summed E-state index contributed by atoms with van der Waals surface area (Å²) in [7, 11) is 3.83. The van der Waals surface area contributed by atoms with Crippen LogP contribution in [0, 0.1) is 0 Å². The van der Waals surface area contributed by atoms with Crippen LogP contribution in [-0.2, 0) is 0 Å². The van der Waals surface area contributed by atoms with E-state index in [0.717, 1.165) is 0 Å². The predicted molar refractivity (Wildman–Crippen MR) is 50.1 cm³/mol. The van der Waals surface area contributed by atoms with Crippen molar-refractivity contribution in [3.8, 4) is 0 Å².